The molecular formula is C19H21N5O. The number of rotatable bonds is 5. The zero-order valence-corrected chi connectivity index (χ0v) is 14.6. The quantitative estimate of drug-likeness (QED) is 0.778. The summed E-state index contributed by atoms with van der Waals surface area (Å²) in [6.07, 6.45) is 3.50. The summed E-state index contributed by atoms with van der Waals surface area (Å²) in [5.41, 5.74) is 4.54. The first-order valence-corrected chi connectivity index (χ1v) is 8.03. The van der Waals surface area contributed by atoms with Crippen molar-refractivity contribution in [2.75, 3.05) is 19.0 Å². The van der Waals surface area contributed by atoms with Gasteiger partial charge in [-0.25, -0.2) is 0 Å². The van der Waals surface area contributed by atoms with Crippen molar-refractivity contribution in [3.63, 3.8) is 0 Å². The van der Waals surface area contributed by atoms with Gasteiger partial charge in [0.25, 0.3) is 5.91 Å². The Morgan fingerprint density at radius 2 is 1.80 bits per heavy atom. The normalized spacial score (nSPS) is 10.5. The van der Waals surface area contributed by atoms with Gasteiger partial charge in [-0.05, 0) is 42.5 Å². The Hall–Kier alpha value is -3.15. The van der Waals surface area contributed by atoms with E-state index in [2.05, 4.69) is 15.4 Å². The maximum Gasteiger partial charge on any atom is 0.251 e. The molecule has 1 N–H and O–H groups in total. The second-order valence-electron chi connectivity index (χ2n) is 6.00. The van der Waals surface area contributed by atoms with E-state index in [9.17, 15) is 4.79 Å². The van der Waals surface area contributed by atoms with Crippen LogP contribution in [-0.4, -0.2) is 34.8 Å². The second-order valence-corrected chi connectivity index (χ2v) is 6.00. The van der Waals surface area contributed by atoms with Crippen molar-refractivity contribution < 1.29 is 4.79 Å². The van der Waals surface area contributed by atoms with Gasteiger partial charge in [-0.2, -0.15) is 5.10 Å². The van der Waals surface area contributed by atoms with Crippen molar-refractivity contribution in [1.29, 1.82) is 0 Å². The van der Waals surface area contributed by atoms with Crippen LogP contribution < -0.4 is 10.2 Å². The first-order chi connectivity index (χ1) is 12.0. The van der Waals surface area contributed by atoms with Crippen molar-refractivity contribution in [3.8, 4) is 11.3 Å². The van der Waals surface area contributed by atoms with Gasteiger partial charge in [0, 0.05) is 50.4 Å². The molecule has 6 nitrogen and oxygen atoms in total. The molecule has 0 spiro atoms. The number of aryl methyl sites for hydroxylation is 1. The molecule has 0 aliphatic carbocycles. The predicted octanol–water partition coefficient (Wildman–Crippen LogP) is 2.48. The number of carbonyl (C=O) groups is 1. The number of amides is 1. The Kier molecular flexibility index (Phi) is 4.79. The highest BCUT2D eigenvalue weighted by Gasteiger charge is 2.10. The Bertz CT molecular complexity index is 853. The molecule has 1 aromatic carbocycles. The summed E-state index contributed by atoms with van der Waals surface area (Å²) in [6, 6.07) is 13.4. The SMILES string of the molecule is CN(C)c1ccc(C(=O)NCc2cc(-c3ccncc3)n(C)n2)cc1. The van der Waals surface area contributed by atoms with Crippen LogP contribution in [0.5, 0.6) is 0 Å². The fourth-order valence-electron chi connectivity index (χ4n) is 2.59. The zero-order valence-electron chi connectivity index (χ0n) is 14.6. The molecule has 0 radical (unpaired) electrons. The van der Waals surface area contributed by atoms with Crippen LogP contribution in [-0.2, 0) is 13.6 Å². The summed E-state index contributed by atoms with van der Waals surface area (Å²) in [6.45, 7) is 0.382. The average molecular weight is 335 g/mol. The highest BCUT2D eigenvalue weighted by atomic mass is 16.1. The highest BCUT2D eigenvalue weighted by Crippen LogP contribution is 2.19. The van der Waals surface area contributed by atoms with E-state index in [0.717, 1.165) is 22.6 Å². The van der Waals surface area contributed by atoms with Gasteiger partial charge in [0.1, 0.15) is 0 Å². The van der Waals surface area contributed by atoms with Crippen LogP contribution in [0.1, 0.15) is 16.1 Å². The van der Waals surface area contributed by atoms with Gasteiger partial charge in [0.05, 0.1) is 17.9 Å². The molecule has 6 heteroatoms. The van der Waals surface area contributed by atoms with E-state index in [4.69, 9.17) is 0 Å². The number of nitrogens with zero attached hydrogens (tertiary/aromatic N) is 4. The number of aromatic nitrogens is 3. The number of anilines is 1. The molecular weight excluding hydrogens is 314 g/mol. The minimum atomic E-state index is -0.110. The average Bonchev–Trinajstić information content (AvgIpc) is 3.01. The molecule has 3 rings (SSSR count). The van der Waals surface area contributed by atoms with Crippen molar-refractivity contribution in [1.82, 2.24) is 20.1 Å². The van der Waals surface area contributed by atoms with Crippen LogP contribution in [0.25, 0.3) is 11.3 Å². The maximum atomic E-state index is 12.3. The third kappa shape index (κ3) is 3.85. The van der Waals surface area contributed by atoms with Crippen LogP contribution >= 0.6 is 0 Å². The number of carbonyl (C=O) groups excluding carboxylic acids is 1. The van der Waals surface area contributed by atoms with Gasteiger partial charge in [0.15, 0.2) is 0 Å². The molecule has 0 aliphatic rings. The zero-order chi connectivity index (χ0) is 17.8. The predicted molar refractivity (Wildman–Crippen MR) is 98.4 cm³/mol. The third-order valence-corrected chi connectivity index (χ3v) is 3.98. The van der Waals surface area contributed by atoms with Crippen molar-refractivity contribution in [3.05, 3.63) is 66.1 Å². The molecule has 0 saturated carbocycles. The topological polar surface area (TPSA) is 63.1 Å². The van der Waals surface area contributed by atoms with Crippen molar-refractivity contribution in [2.24, 2.45) is 7.05 Å². The number of hydrogen-bond acceptors (Lipinski definition) is 4. The van der Waals surface area contributed by atoms with E-state index in [-0.39, 0.29) is 5.91 Å². The summed E-state index contributed by atoms with van der Waals surface area (Å²) in [7, 11) is 5.83. The van der Waals surface area contributed by atoms with Gasteiger partial charge >= 0.3 is 0 Å². The number of pyridine rings is 1. The van der Waals surface area contributed by atoms with Gasteiger partial charge in [-0.15, -0.1) is 0 Å². The molecule has 0 fully saturated rings. The largest absolute Gasteiger partial charge is 0.378 e. The first kappa shape index (κ1) is 16.7. The highest BCUT2D eigenvalue weighted by molar-refractivity contribution is 5.94. The van der Waals surface area contributed by atoms with E-state index in [1.807, 2.05) is 73.2 Å². The molecule has 0 saturated heterocycles. The van der Waals surface area contributed by atoms with Crippen LogP contribution in [0.15, 0.2) is 54.9 Å². The lowest BCUT2D eigenvalue weighted by molar-refractivity contribution is 0.0950. The molecule has 3 aromatic rings. The van der Waals surface area contributed by atoms with Gasteiger partial charge in [-0.3, -0.25) is 14.5 Å². The smallest absolute Gasteiger partial charge is 0.251 e. The van der Waals surface area contributed by atoms with Gasteiger partial charge < -0.3 is 10.2 Å². The maximum absolute atomic E-state index is 12.3. The molecule has 0 bridgehead atoms. The standard InChI is InChI=1S/C19H21N5O/c1-23(2)17-6-4-15(5-7-17)19(25)21-13-16-12-18(24(3)22-16)14-8-10-20-11-9-14/h4-12H,13H2,1-3H3,(H,21,25). The van der Waals surface area contributed by atoms with Crippen molar-refractivity contribution in [2.45, 2.75) is 6.54 Å². The van der Waals surface area contributed by atoms with Crippen molar-refractivity contribution >= 4 is 11.6 Å². The van der Waals surface area contributed by atoms with E-state index in [1.54, 1.807) is 12.4 Å². The fourth-order valence-corrected chi connectivity index (χ4v) is 2.59. The van der Waals surface area contributed by atoms with Gasteiger partial charge in [-0.1, -0.05) is 0 Å². The lowest BCUT2D eigenvalue weighted by Crippen LogP contribution is -2.23. The monoisotopic (exact) mass is 335 g/mol. The Morgan fingerprint density at radius 1 is 1.12 bits per heavy atom. The van der Waals surface area contributed by atoms with E-state index in [1.165, 1.54) is 0 Å². The minimum Gasteiger partial charge on any atom is -0.378 e. The fraction of sp³-hybridized carbons (Fsp3) is 0.211. The Morgan fingerprint density at radius 3 is 2.44 bits per heavy atom. The van der Waals surface area contributed by atoms with Crippen LogP contribution in [0.3, 0.4) is 0 Å². The summed E-state index contributed by atoms with van der Waals surface area (Å²) >= 11 is 0. The summed E-state index contributed by atoms with van der Waals surface area (Å²) in [5.74, 6) is -0.110. The summed E-state index contributed by atoms with van der Waals surface area (Å²) < 4.78 is 1.81. The molecule has 1 amide bonds. The minimum absolute atomic E-state index is 0.110. The molecule has 2 aromatic heterocycles. The molecule has 0 unspecified atom stereocenters. The number of benzene rings is 1. The lowest BCUT2D eigenvalue weighted by Gasteiger charge is -2.12. The van der Waals surface area contributed by atoms with Crippen LogP contribution in [0, 0.1) is 0 Å². The number of nitrogens with one attached hydrogen (secondary N) is 1. The number of hydrogen-bond donors (Lipinski definition) is 1. The second kappa shape index (κ2) is 7.17. The molecule has 128 valence electrons. The third-order valence-electron chi connectivity index (χ3n) is 3.98. The van der Waals surface area contributed by atoms with Crippen LogP contribution in [0.2, 0.25) is 0 Å². The van der Waals surface area contributed by atoms with Gasteiger partial charge in [0.2, 0.25) is 0 Å². The summed E-state index contributed by atoms with van der Waals surface area (Å²) in [5, 5.41) is 7.38. The Balaban J connectivity index is 1.66. The van der Waals surface area contributed by atoms with Crippen LogP contribution in [0.4, 0.5) is 5.69 Å². The first-order valence-electron chi connectivity index (χ1n) is 8.03. The molecule has 0 aliphatic heterocycles. The Labute approximate surface area is 147 Å². The molecule has 0 atom stereocenters. The van der Waals surface area contributed by atoms with E-state index in [0.29, 0.717) is 12.1 Å². The van der Waals surface area contributed by atoms with E-state index < -0.39 is 0 Å². The lowest BCUT2D eigenvalue weighted by atomic mass is 10.1. The summed E-state index contributed by atoms with van der Waals surface area (Å²) in [4.78, 5) is 18.3. The van der Waals surface area contributed by atoms with E-state index >= 15 is 0 Å². The molecule has 2 heterocycles. The molecule has 25 heavy (non-hydrogen) atoms.